The average molecular weight is 340 g/mol. The van der Waals surface area contributed by atoms with E-state index in [0.717, 1.165) is 10.2 Å². The highest BCUT2D eigenvalue weighted by Crippen LogP contribution is 2.26. The summed E-state index contributed by atoms with van der Waals surface area (Å²) in [5, 5.41) is 3.33. The largest absolute Gasteiger partial charge is 0.378 e. The lowest BCUT2D eigenvalue weighted by atomic mass is 10.1. The van der Waals surface area contributed by atoms with E-state index >= 15 is 0 Å². The number of thioether (sulfide) groups is 1. The second-order valence-electron chi connectivity index (χ2n) is 4.26. The Bertz CT molecular complexity index is 574. The first-order valence-electron chi connectivity index (χ1n) is 5.95. The van der Waals surface area contributed by atoms with E-state index in [4.69, 9.17) is 0 Å². The molecule has 100 valence electrons. The summed E-state index contributed by atoms with van der Waals surface area (Å²) >= 11 is 5.06. The third-order valence-corrected chi connectivity index (χ3v) is 4.10. The van der Waals surface area contributed by atoms with Gasteiger partial charge in [0.2, 0.25) is 0 Å². The van der Waals surface area contributed by atoms with Crippen molar-refractivity contribution in [1.82, 2.24) is 0 Å². The summed E-state index contributed by atoms with van der Waals surface area (Å²) in [7, 11) is 0. The van der Waals surface area contributed by atoms with E-state index in [1.165, 1.54) is 11.0 Å². The van der Waals surface area contributed by atoms with Gasteiger partial charge in [-0.15, -0.1) is 11.8 Å². The molecule has 0 saturated heterocycles. The molecule has 0 saturated carbocycles. The first-order chi connectivity index (χ1) is 9.10. The normalized spacial score (nSPS) is 12.2. The van der Waals surface area contributed by atoms with E-state index in [2.05, 4.69) is 33.4 Å². The van der Waals surface area contributed by atoms with E-state index in [9.17, 15) is 4.39 Å². The summed E-state index contributed by atoms with van der Waals surface area (Å²) in [4.78, 5) is 1.19. The van der Waals surface area contributed by atoms with Crippen LogP contribution in [0.2, 0.25) is 0 Å². The molecule has 0 radical (unpaired) electrons. The van der Waals surface area contributed by atoms with Crippen LogP contribution in [0.25, 0.3) is 0 Å². The molecular formula is C15H15BrFNS. The van der Waals surface area contributed by atoms with Crippen molar-refractivity contribution in [3.8, 4) is 0 Å². The minimum Gasteiger partial charge on any atom is -0.378 e. The predicted octanol–water partition coefficient (Wildman–Crippen LogP) is 5.48. The average Bonchev–Trinajstić information content (AvgIpc) is 2.41. The maximum absolute atomic E-state index is 13.8. The van der Waals surface area contributed by atoms with Gasteiger partial charge in [0.05, 0.1) is 6.04 Å². The Hall–Kier alpha value is -1.00. The van der Waals surface area contributed by atoms with E-state index in [1.807, 2.05) is 31.4 Å². The van der Waals surface area contributed by atoms with Gasteiger partial charge in [-0.05, 0) is 49.6 Å². The molecular weight excluding hydrogens is 325 g/mol. The van der Waals surface area contributed by atoms with Gasteiger partial charge in [-0.2, -0.15) is 0 Å². The summed E-state index contributed by atoms with van der Waals surface area (Å²) < 4.78 is 14.7. The minimum absolute atomic E-state index is 0.0883. The topological polar surface area (TPSA) is 12.0 Å². The Morgan fingerprint density at radius 2 is 2.00 bits per heavy atom. The third kappa shape index (κ3) is 3.74. The van der Waals surface area contributed by atoms with E-state index in [0.29, 0.717) is 5.56 Å². The first kappa shape index (κ1) is 14.4. The number of hydrogen-bond acceptors (Lipinski definition) is 2. The van der Waals surface area contributed by atoms with Gasteiger partial charge in [0.25, 0.3) is 0 Å². The first-order valence-corrected chi connectivity index (χ1v) is 7.97. The summed E-state index contributed by atoms with van der Waals surface area (Å²) in [6.45, 7) is 1.95. The molecule has 1 N–H and O–H groups in total. The fraction of sp³-hybridized carbons (Fsp3) is 0.200. The number of halogens is 2. The van der Waals surface area contributed by atoms with Crippen molar-refractivity contribution in [2.45, 2.75) is 17.9 Å². The molecule has 1 unspecified atom stereocenters. The number of benzene rings is 2. The van der Waals surface area contributed by atoms with Crippen LogP contribution >= 0.6 is 27.7 Å². The SMILES string of the molecule is CSc1cccc(NC(C)c2cc(Br)ccc2F)c1. The fourth-order valence-electron chi connectivity index (χ4n) is 1.89. The van der Waals surface area contributed by atoms with Crippen LogP contribution in [-0.4, -0.2) is 6.26 Å². The van der Waals surface area contributed by atoms with Crippen LogP contribution in [0.5, 0.6) is 0 Å². The maximum Gasteiger partial charge on any atom is 0.128 e. The van der Waals surface area contributed by atoms with Crippen LogP contribution in [0.3, 0.4) is 0 Å². The third-order valence-electron chi connectivity index (χ3n) is 2.88. The Morgan fingerprint density at radius 3 is 2.74 bits per heavy atom. The van der Waals surface area contributed by atoms with Crippen molar-refractivity contribution >= 4 is 33.4 Å². The smallest absolute Gasteiger partial charge is 0.128 e. The zero-order chi connectivity index (χ0) is 13.8. The Morgan fingerprint density at radius 1 is 1.21 bits per heavy atom. The molecule has 2 aromatic rings. The predicted molar refractivity (Wildman–Crippen MR) is 84.4 cm³/mol. The fourth-order valence-corrected chi connectivity index (χ4v) is 2.73. The molecule has 1 atom stereocenters. The highest BCUT2D eigenvalue weighted by molar-refractivity contribution is 9.10. The van der Waals surface area contributed by atoms with Crippen LogP contribution in [0.4, 0.5) is 10.1 Å². The van der Waals surface area contributed by atoms with Crippen molar-refractivity contribution < 1.29 is 4.39 Å². The molecule has 0 amide bonds. The maximum atomic E-state index is 13.8. The molecule has 0 fully saturated rings. The van der Waals surface area contributed by atoms with Gasteiger partial charge in [-0.3, -0.25) is 0 Å². The van der Waals surface area contributed by atoms with Crippen molar-refractivity contribution in [3.63, 3.8) is 0 Å². The molecule has 0 aliphatic heterocycles. The van der Waals surface area contributed by atoms with Gasteiger partial charge < -0.3 is 5.32 Å². The highest BCUT2D eigenvalue weighted by atomic mass is 79.9. The summed E-state index contributed by atoms with van der Waals surface area (Å²) in [5.74, 6) is -0.191. The molecule has 1 nitrogen and oxygen atoms in total. The molecule has 0 spiro atoms. The van der Waals surface area contributed by atoms with Crippen molar-refractivity contribution in [2.24, 2.45) is 0 Å². The summed E-state index contributed by atoms with van der Waals surface area (Å²) in [6.07, 6.45) is 2.04. The summed E-state index contributed by atoms with van der Waals surface area (Å²) in [6, 6.07) is 13.0. The molecule has 2 aromatic carbocycles. The van der Waals surface area contributed by atoms with E-state index in [-0.39, 0.29) is 11.9 Å². The lowest BCUT2D eigenvalue weighted by Gasteiger charge is -2.17. The minimum atomic E-state index is -0.191. The molecule has 0 aliphatic carbocycles. The monoisotopic (exact) mass is 339 g/mol. The van der Waals surface area contributed by atoms with Gasteiger partial charge >= 0.3 is 0 Å². The Balaban J connectivity index is 2.20. The molecule has 0 heterocycles. The second kappa shape index (κ2) is 6.44. The van der Waals surface area contributed by atoms with Crippen molar-refractivity contribution in [2.75, 3.05) is 11.6 Å². The quantitative estimate of drug-likeness (QED) is 0.740. The van der Waals surface area contributed by atoms with Gasteiger partial charge in [0, 0.05) is 20.6 Å². The highest BCUT2D eigenvalue weighted by Gasteiger charge is 2.11. The molecule has 0 aromatic heterocycles. The number of anilines is 1. The van der Waals surface area contributed by atoms with Gasteiger partial charge in [-0.25, -0.2) is 4.39 Å². The lowest BCUT2D eigenvalue weighted by Crippen LogP contribution is -2.08. The Labute approximate surface area is 125 Å². The second-order valence-corrected chi connectivity index (χ2v) is 6.06. The zero-order valence-electron chi connectivity index (χ0n) is 10.8. The number of rotatable bonds is 4. The lowest BCUT2D eigenvalue weighted by molar-refractivity contribution is 0.600. The van der Waals surface area contributed by atoms with Gasteiger partial charge in [0.15, 0.2) is 0 Å². The summed E-state index contributed by atoms with van der Waals surface area (Å²) in [5.41, 5.74) is 1.66. The van der Waals surface area contributed by atoms with Gasteiger partial charge in [0.1, 0.15) is 5.82 Å². The van der Waals surface area contributed by atoms with Crippen molar-refractivity contribution in [1.29, 1.82) is 0 Å². The van der Waals surface area contributed by atoms with Gasteiger partial charge in [-0.1, -0.05) is 22.0 Å². The molecule has 0 aliphatic rings. The zero-order valence-corrected chi connectivity index (χ0v) is 13.2. The Kier molecular flexibility index (Phi) is 4.88. The standard InChI is InChI=1S/C15H15BrFNS/c1-10(14-8-11(16)6-7-15(14)17)18-12-4-3-5-13(9-12)19-2/h3-10,18H,1-2H3. The molecule has 4 heteroatoms. The van der Waals surface area contributed by atoms with Crippen molar-refractivity contribution in [3.05, 3.63) is 58.3 Å². The number of hydrogen-bond donors (Lipinski definition) is 1. The van der Waals surface area contributed by atoms with E-state index in [1.54, 1.807) is 17.8 Å². The van der Waals surface area contributed by atoms with Crippen LogP contribution in [0.15, 0.2) is 51.8 Å². The molecule has 19 heavy (non-hydrogen) atoms. The van der Waals surface area contributed by atoms with Crippen LogP contribution in [-0.2, 0) is 0 Å². The molecule has 2 rings (SSSR count). The van der Waals surface area contributed by atoms with Crippen LogP contribution in [0.1, 0.15) is 18.5 Å². The number of nitrogens with one attached hydrogen (secondary N) is 1. The van der Waals surface area contributed by atoms with Crippen LogP contribution < -0.4 is 5.32 Å². The molecule has 0 bridgehead atoms. The van der Waals surface area contributed by atoms with E-state index < -0.39 is 0 Å². The van der Waals surface area contributed by atoms with Crippen LogP contribution in [0, 0.1) is 5.82 Å².